The van der Waals surface area contributed by atoms with Crippen molar-refractivity contribution in [2.24, 2.45) is 5.73 Å². The van der Waals surface area contributed by atoms with Crippen LogP contribution in [0.4, 0.5) is 4.79 Å². The lowest BCUT2D eigenvalue weighted by Gasteiger charge is -1.89. The second-order valence-electron chi connectivity index (χ2n) is 2.86. The average molecular weight is 235 g/mol. The van der Waals surface area contributed by atoms with Crippen molar-refractivity contribution < 1.29 is 19.0 Å². The van der Waals surface area contributed by atoms with Crippen molar-refractivity contribution in [3.8, 4) is 0 Å². The third kappa shape index (κ3) is 13.1. The van der Waals surface area contributed by atoms with Crippen molar-refractivity contribution >= 4 is 6.09 Å². The van der Waals surface area contributed by atoms with Crippen LogP contribution in [-0.4, -0.2) is 52.5 Å². The van der Waals surface area contributed by atoms with E-state index in [9.17, 15) is 4.79 Å². The molecule has 0 unspecified atom stereocenters. The molecule has 0 bridgehead atoms. The first-order valence-electron chi connectivity index (χ1n) is 5.26. The molecule has 2 fully saturated rings. The van der Waals surface area contributed by atoms with Gasteiger partial charge >= 0.3 is 6.09 Å². The highest BCUT2D eigenvalue weighted by Gasteiger charge is 1.92. The number of nitrogens with two attached hydrogens (primary N) is 1. The second-order valence-corrected chi connectivity index (χ2v) is 2.86. The van der Waals surface area contributed by atoms with Crippen molar-refractivity contribution in [3.05, 3.63) is 0 Å². The van der Waals surface area contributed by atoms with Gasteiger partial charge < -0.3 is 19.9 Å². The van der Waals surface area contributed by atoms with Crippen LogP contribution in [0, 0.1) is 0 Å². The maximum absolute atomic E-state index is 9.60. The van der Waals surface area contributed by atoms with Crippen LogP contribution in [0.3, 0.4) is 0 Å². The fourth-order valence-corrected chi connectivity index (χ4v) is 0.864. The molecule has 7 nitrogen and oxygen atoms in total. The lowest BCUT2D eigenvalue weighted by Crippen LogP contribution is -2.11. The monoisotopic (exact) mass is 235 g/mol. The Kier molecular flexibility index (Phi) is 11.5. The lowest BCUT2D eigenvalue weighted by molar-refractivity contribution is 0.163. The summed E-state index contributed by atoms with van der Waals surface area (Å²) in [6.07, 6.45) is -0.711. The Labute approximate surface area is 95.6 Å². The highest BCUT2D eigenvalue weighted by Crippen LogP contribution is 1.75. The van der Waals surface area contributed by atoms with Crippen molar-refractivity contribution in [2.45, 2.75) is 6.92 Å². The zero-order valence-corrected chi connectivity index (χ0v) is 9.66. The summed E-state index contributed by atoms with van der Waals surface area (Å²) >= 11 is 0. The Morgan fingerprint density at radius 1 is 1.25 bits per heavy atom. The zero-order chi connectivity index (χ0) is 12.1. The summed E-state index contributed by atoms with van der Waals surface area (Å²) < 4.78 is 13.8. The molecule has 0 aromatic rings. The van der Waals surface area contributed by atoms with Gasteiger partial charge in [0.05, 0.1) is 33.3 Å². The van der Waals surface area contributed by atoms with Crippen LogP contribution in [0.2, 0.25) is 0 Å². The molecule has 0 aromatic carbocycles. The molecule has 0 saturated carbocycles. The van der Waals surface area contributed by atoms with Gasteiger partial charge in [-0.3, -0.25) is 10.6 Å². The van der Waals surface area contributed by atoms with E-state index in [-0.39, 0.29) is 0 Å². The minimum atomic E-state index is -0.711. The van der Waals surface area contributed by atoms with Crippen LogP contribution < -0.4 is 16.4 Å². The maximum atomic E-state index is 9.60. The van der Waals surface area contributed by atoms with Gasteiger partial charge in [-0.2, -0.15) is 0 Å². The number of hydrogen-bond acceptors (Lipinski definition) is 6. The van der Waals surface area contributed by atoms with E-state index >= 15 is 0 Å². The molecule has 0 atom stereocenters. The Hall–Kier alpha value is -0.890. The molecule has 1 amide bonds. The Morgan fingerprint density at radius 3 is 1.81 bits per heavy atom. The number of nitrogens with one attached hydrogen (secondary N) is 2. The minimum Gasteiger partial charge on any atom is -0.450 e. The SMILES string of the molecule is C1COCN1.C1COCN1.CCOC(N)=O. The number of rotatable bonds is 1. The summed E-state index contributed by atoms with van der Waals surface area (Å²) in [6.45, 7) is 7.39. The smallest absolute Gasteiger partial charge is 0.404 e. The van der Waals surface area contributed by atoms with Gasteiger partial charge in [-0.05, 0) is 6.92 Å². The third-order valence-corrected chi connectivity index (χ3v) is 1.54. The van der Waals surface area contributed by atoms with Gasteiger partial charge in [0.1, 0.15) is 0 Å². The Balaban J connectivity index is 0.000000211. The van der Waals surface area contributed by atoms with E-state index < -0.39 is 6.09 Å². The minimum absolute atomic E-state index is 0.356. The van der Waals surface area contributed by atoms with Crippen LogP contribution in [0.5, 0.6) is 0 Å². The van der Waals surface area contributed by atoms with E-state index in [1.54, 1.807) is 6.92 Å². The van der Waals surface area contributed by atoms with Gasteiger partial charge in [-0.15, -0.1) is 0 Å². The van der Waals surface area contributed by atoms with Gasteiger partial charge in [0.15, 0.2) is 0 Å². The molecule has 16 heavy (non-hydrogen) atoms. The molecule has 2 aliphatic rings. The molecule has 2 rings (SSSR count). The van der Waals surface area contributed by atoms with E-state index in [0.717, 1.165) is 39.8 Å². The van der Waals surface area contributed by atoms with E-state index in [1.165, 1.54) is 0 Å². The van der Waals surface area contributed by atoms with E-state index in [0.29, 0.717) is 6.61 Å². The predicted molar refractivity (Wildman–Crippen MR) is 58.9 cm³/mol. The van der Waals surface area contributed by atoms with Gasteiger partial charge in [0.2, 0.25) is 0 Å². The molecule has 0 radical (unpaired) electrons. The summed E-state index contributed by atoms with van der Waals surface area (Å²) in [5, 5.41) is 6.00. The first kappa shape index (κ1) is 15.1. The van der Waals surface area contributed by atoms with Crippen LogP contribution >= 0.6 is 0 Å². The molecule has 4 N–H and O–H groups in total. The first-order valence-corrected chi connectivity index (χ1v) is 5.26. The Morgan fingerprint density at radius 2 is 1.75 bits per heavy atom. The highest BCUT2D eigenvalue weighted by molar-refractivity contribution is 5.64. The average Bonchev–Trinajstić information content (AvgIpc) is 2.98. The number of hydrogen-bond donors (Lipinski definition) is 3. The second kappa shape index (κ2) is 12.2. The summed E-state index contributed by atoms with van der Waals surface area (Å²) in [5.41, 5.74) is 4.54. The molecule has 0 spiro atoms. The maximum Gasteiger partial charge on any atom is 0.404 e. The van der Waals surface area contributed by atoms with E-state index in [4.69, 9.17) is 9.47 Å². The molecule has 2 saturated heterocycles. The largest absolute Gasteiger partial charge is 0.450 e. The third-order valence-electron chi connectivity index (χ3n) is 1.54. The van der Waals surface area contributed by atoms with Gasteiger partial charge in [-0.25, -0.2) is 4.79 Å². The van der Waals surface area contributed by atoms with Crippen LogP contribution in [0.15, 0.2) is 0 Å². The summed E-state index contributed by atoms with van der Waals surface area (Å²) in [5.74, 6) is 0. The summed E-state index contributed by atoms with van der Waals surface area (Å²) in [6, 6.07) is 0. The van der Waals surface area contributed by atoms with Gasteiger partial charge in [0.25, 0.3) is 0 Å². The van der Waals surface area contributed by atoms with Crippen molar-refractivity contribution in [1.29, 1.82) is 0 Å². The highest BCUT2D eigenvalue weighted by atomic mass is 16.5. The molecular weight excluding hydrogens is 214 g/mol. The van der Waals surface area contributed by atoms with E-state index in [2.05, 4.69) is 21.1 Å². The lowest BCUT2D eigenvalue weighted by atomic mass is 10.7. The van der Waals surface area contributed by atoms with Crippen molar-refractivity contribution in [3.63, 3.8) is 0 Å². The molecular formula is C9H21N3O4. The molecule has 2 aliphatic heterocycles. The van der Waals surface area contributed by atoms with Crippen LogP contribution in [0.1, 0.15) is 6.92 Å². The van der Waals surface area contributed by atoms with Crippen molar-refractivity contribution in [1.82, 2.24) is 10.6 Å². The van der Waals surface area contributed by atoms with Crippen LogP contribution in [0.25, 0.3) is 0 Å². The normalized spacial score (nSPS) is 17.8. The fourth-order valence-electron chi connectivity index (χ4n) is 0.864. The summed E-state index contributed by atoms with van der Waals surface area (Å²) in [4.78, 5) is 9.60. The van der Waals surface area contributed by atoms with E-state index in [1.807, 2.05) is 0 Å². The van der Waals surface area contributed by atoms with Gasteiger partial charge in [0, 0.05) is 13.1 Å². The number of carbonyl (C=O) groups is 1. The first-order chi connectivity index (χ1) is 7.77. The number of primary amides is 1. The topological polar surface area (TPSA) is 94.8 Å². The Bertz CT molecular complexity index is 136. The number of carbonyl (C=O) groups excluding carboxylic acids is 1. The molecule has 96 valence electrons. The van der Waals surface area contributed by atoms with Gasteiger partial charge in [-0.1, -0.05) is 0 Å². The molecule has 0 aliphatic carbocycles. The predicted octanol–water partition coefficient (Wildman–Crippen LogP) is -0.771. The quantitative estimate of drug-likeness (QED) is 0.552. The molecule has 2 heterocycles. The standard InChI is InChI=1S/C3H7NO2.2C3H7NO/c1-2-6-3(4)5;2*1-2-5-3-4-1/h2H2,1H3,(H2,4,5);2*4H,1-3H2. The molecule has 7 heteroatoms. The summed E-state index contributed by atoms with van der Waals surface area (Å²) in [7, 11) is 0. The molecule has 0 aromatic heterocycles. The zero-order valence-electron chi connectivity index (χ0n) is 9.66. The number of ether oxygens (including phenoxy) is 3. The number of amides is 1. The van der Waals surface area contributed by atoms with Crippen molar-refractivity contribution in [2.75, 3.05) is 46.4 Å². The van der Waals surface area contributed by atoms with Crippen LogP contribution in [-0.2, 0) is 14.2 Å². The fraction of sp³-hybridized carbons (Fsp3) is 0.889.